The van der Waals surface area contributed by atoms with E-state index in [1.54, 1.807) is 0 Å². The van der Waals surface area contributed by atoms with E-state index in [1.807, 2.05) is 19.1 Å². The molecule has 1 N–H and O–H groups in total. The van der Waals surface area contributed by atoms with E-state index < -0.39 is 0 Å². The maximum absolute atomic E-state index is 9.35. The van der Waals surface area contributed by atoms with Gasteiger partial charge in [0.2, 0.25) is 0 Å². The molecule has 1 aliphatic rings. The Morgan fingerprint density at radius 3 is 1.73 bits per heavy atom. The third kappa shape index (κ3) is 8.28. The minimum atomic E-state index is 0.399. The number of hydrogen-bond donors (Lipinski definition) is 1. The van der Waals surface area contributed by atoms with E-state index in [2.05, 4.69) is 97.0 Å². The summed E-state index contributed by atoms with van der Waals surface area (Å²) < 4.78 is 5.49. The Hall–Kier alpha value is -2.74. The van der Waals surface area contributed by atoms with Crippen molar-refractivity contribution in [2.24, 2.45) is 0 Å². The van der Waals surface area contributed by atoms with Crippen molar-refractivity contribution >= 4 is 0 Å². The van der Waals surface area contributed by atoms with Crippen LogP contribution in [-0.2, 0) is 6.42 Å². The van der Waals surface area contributed by atoms with Gasteiger partial charge in [0.05, 0.1) is 6.61 Å². The Bertz CT molecular complexity index is 998. The van der Waals surface area contributed by atoms with Crippen molar-refractivity contribution < 1.29 is 9.84 Å². The molecule has 3 aromatic rings. The van der Waals surface area contributed by atoms with Gasteiger partial charge in [0.25, 0.3) is 0 Å². The van der Waals surface area contributed by atoms with Crippen LogP contribution in [0.5, 0.6) is 11.5 Å². The summed E-state index contributed by atoms with van der Waals surface area (Å²) in [5.74, 6) is 3.24. The van der Waals surface area contributed by atoms with Crippen LogP contribution in [0.1, 0.15) is 92.7 Å². The molecular formula is C31H42O2. The standard InChI is InChI=1S/C11H14O.C10H14O.C10H14/c1-8(2)10-4-3-9-5-6-12-11(9)7-10;1-7(2)9-5-4-8(3)10(11)6-9;1-8(2)10-6-4-9(3)5-7-10/h3-4,7-8H,5-6H2,1-2H3;4-7,11H,1-3H3;4-8H,1-3H3. The molecule has 0 unspecified atom stereocenters. The summed E-state index contributed by atoms with van der Waals surface area (Å²) >= 11 is 0. The van der Waals surface area contributed by atoms with E-state index in [1.165, 1.54) is 27.8 Å². The Morgan fingerprint density at radius 1 is 0.667 bits per heavy atom. The van der Waals surface area contributed by atoms with Crippen LogP contribution in [0.3, 0.4) is 0 Å². The van der Waals surface area contributed by atoms with E-state index >= 15 is 0 Å². The predicted octanol–water partition coefficient (Wildman–Crippen LogP) is 8.69. The van der Waals surface area contributed by atoms with Crippen molar-refractivity contribution in [3.05, 3.63) is 94.0 Å². The first-order valence-electron chi connectivity index (χ1n) is 12.2. The molecule has 2 heteroatoms. The van der Waals surface area contributed by atoms with Crippen molar-refractivity contribution in [2.45, 2.75) is 79.6 Å². The van der Waals surface area contributed by atoms with Gasteiger partial charge in [0.15, 0.2) is 0 Å². The SMILES string of the molecule is CC(C)c1ccc2c(c1)OCC2.Cc1ccc(C(C)C)cc1.Cc1ccc(C(C)C)cc1O. The number of aromatic hydroxyl groups is 1. The van der Waals surface area contributed by atoms with Crippen LogP contribution in [0.4, 0.5) is 0 Å². The highest BCUT2D eigenvalue weighted by Crippen LogP contribution is 2.28. The van der Waals surface area contributed by atoms with E-state index in [-0.39, 0.29) is 0 Å². The average molecular weight is 447 g/mol. The van der Waals surface area contributed by atoms with Gasteiger partial charge >= 0.3 is 0 Å². The molecule has 0 atom stereocenters. The van der Waals surface area contributed by atoms with Crippen LogP contribution in [0.15, 0.2) is 60.7 Å². The molecule has 33 heavy (non-hydrogen) atoms. The number of rotatable bonds is 3. The van der Waals surface area contributed by atoms with E-state index in [4.69, 9.17) is 4.74 Å². The van der Waals surface area contributed by atoms with Crippen molar-refractivity contribution in [2.75, 3.05) is 6.61 Å². The molecule has 0 aromatic heterocycles. The lowest BCUT2D eigenvalue weighted by Crippen LogP contribution is -1.88. The Balaban J connectivity index is 0.000000176. The molecule has 178 valence electrons. The Kier molecular flexibility index (Phi) is 10.0. The quantitative estimate of drug-likeness (QED) is 0.436. The number of phenolic OH excluding ortho intramolecular Hbond substituents is 1. The molecule has 1 heterocycles. The largest absolute Gasteiger partial charge is 0.508 e. The third-order valence-electron chi connectivity index (χ3n) is 6.03. The summed E-state index contributed by atoms with van der Waals surface area (Å²) in [6.45, 7) is 17.9. The number of ether oxygens (including phenoxy) is 1. The van der Waals surface area contributed by atoms with Gasteiger partial charge in [-0.3, -0.25) is 0 Å². The molecule has 1 aliphatic heterocycles. The lowest BCUT2D eigenvalue weighted by molar-refractivity contribution is 0.356. The minimum absolute atomic E-state index is 0.399. The van der Waals surface area contributed by atoms with Crippen molar-refractivity contribution in [3.63, 3.8) is 0 Å². The molecule has 0 saturated heterocycles. The molecule has 0 spiro atoms. The molecule has 0 fully saturated rings. The first kappa shape index (κ1) is 26.5. The summed E-state index contributed by atoms with van der Waals surface area (Å²) in [4.78, 5) is 0. The summed E-state index contributed by atoms with van der Waals surface area (Å²) in [5, 5.41) is 9.35. The second-order valence-electron chi connectivity index (χ2n) is 9.89. The zero-order valence-electron chi connectivity index (χ0n) is 21.8. The van der Waals surface area contributed by atoms with Gasteiger partial charge in [-0.2, -0.15) is 0 Å². The highest BCUT2D eigenvalue weighted by atomic mass is 16.5. The first-order chi connectivity index (χ1) is 15.6. The van der Waals surface area contributed by atoms with Gasteiger partial charge in [-0.05, 0) is 71.6 Å². The van der Waals surface area contributed by atoms with Crippen molar-refractivity contribution in [3.8, 4) is 11.5 Å². The van der Waals surface area contributed by atoms with Crippen molar-refractivity contribution in [1.29, 1.82) is 0 Å². The van der Waals surface area contributed by atoms with Crippen LogP contribution in [0, 0.1) is 13.8 Å². The fourth-order valence-electron chi connectivity index (χ4n) is 3.48. The highest BCUT2D eigenvalue weighted by Gasteiger charge is 2.12. The van der Waals surface area contributed by atoms with Gasteiger partial charge in [-0.1, -0.05) is 95.6 Å². The number of benzene rings is 3. The molecule has 2 nitrogen and oxygen atoms in total. The first-order valence-corrected chi connectivity index (χ1v) is 12.2. The maximum atomic E-state index is 9.35. The summed E-state index contributed by atoms with van der Waals surface area (Å²) in [7, 11) is 0. The van der Waals surface area contributed by atoms with Crippen LogP contribution >= 0.6 is 0 Å². The average Bonchev–Trinajstić information content (AvgIpc) is 3.24. The fourth-order valence-corrected chi connectivity index (χ4v) is 3.48. The van der Waals surface area contributed by atoms with E-state index in [0.29, 0.717) is 23.5 Å². The third-order valence-corrected chi connectivity index (χ3v) is 6.03. The molecule has 0 aliphatic carbocycles. The maximum Gasteiger partial charge on any atom is 0.122 e. The summed E-state index contributed by atoms with van der Waals surface area (Å²) in [6.07, 6.45) is 1.08. The normalized spacial score (nSPS) is 12.0. The zero-order chi connectivity index (χ0) is 24.5. The molecule has 3 aromatic carbocycles. The molecule has 0 radical (unpaired) electrons. The van der Waals surface area contributed by atoms with Gasteiger partial charge in [0.1, 0.15) is 11.5 Å². The number of hydrogen-bond acceptors (Lipinski definition) is 2. The molecule has 4 rings (SSSR count). The topological polar surface area (TPSA) is 29.5 Å². The van der Waals surface area contributed by atoms with E-state index in [0.717, 1.165) is 24.3 Å². The van der Waals surface area contributed by atoms with Gasteiger partial charge in [-0.15, -0.1) is 0 Å². The lowest BCUT2D eigenvalue weighted by Gasteiger charge is -2.06. The van der Waals surface area contributed by atoms with E-state index in [9.17, 15) is 5.11 Å². The van der Waals surface area contributed by atoms with Crippen LogP contribution in [0.2, 0.25) is 0 Å². The summed E-state index contributed by atoms with van der Waals surface area (Å²) in [6, 6.07) is 21.1. The van der Waals surface area contributed by atoms with Crippen LogP contribution in [0.25, 0.3) is 0 Å². The van der Waals surface area contributed by atoms with Crippen LogP contribution in [-0.4, -0.2) is 11.7 Å². The highest BCUT2D eigenvalue weighted by molar-refractivity contribution is 5.41. The second kappa shape index (κ2) is 12.5. The predicted molar refractivity (Wildman–Crippen MR) is 142 cm³/mol. The zero-order valence-corrected chi connectivity index (χ0v) is 21.8. The van der Waals surface area contributed by atoms with Crippen molar-refractivity contribution in [1.82, 2.24) is 0 Å². The minimum Gasteiger partial charge on any atom is -0.508 e. The molecule has 0 amide bonds. The fraction of sp³-hybridized carbons (Fsp3) is 0.419. The number of aryl methyl sites for hydroxylation is 2. The number of phenols is 1. The lowest BCUT2D eigenvalue weighted by atomic mass is 10.0. The van der Waals surface area contributed by atoms with Crippen LogP contribution < -0.4 is 4.74 Å². The van der Waals surface area contributed by atoms with Gasteiger partial charge in [0, 0.05) is 6.42 Å². The van der Waals surface area contributed by atoms with Gasteiger partial charge < -0.3 is 9.84 Å². The Labute approximate surface area is 201 Å². The smallest absolute Gasteiger partial charge is 0.122 e. The molecular weight excluding hydrogens is 404 g/mol. The monoisotopic (exact) mass is 446 g/mol. The molecule has 0 bridgehead atoms. The van der Waals surface area contributed by atoms with Gasteiger partial charge in [-0.25, -0.2) is 0 Å². The molecule has 0 saturated carbocycles. The second-order valence-corrected chi connectivity index (χ2v) is 9.89. The summed E-state index contributed by atoms with van der Waals surface area (Å²) in [5.41, 5.74) is 7.62. The Morgan fingerprint density at radius 2 is 1.18 bits per heavy atom. The number of fused-ring (bicyclic) bond motifs is 1.